The lowest BCUT2D eigenvalue weighted by atomic mass is 9.95. The summed E-state index contributed by atoms with van der Waals surface area (Å²) in [6, 6.07) is 0. The molecule has 3 nitrogen and oxygen atoms in total. The van der Waals surface area contributed by atoms with Crippen LogP contribution in [-0.4, -0.2) is 9.97 Å². The minimum atomic E-state index is -0.199. The number of allylic oxidation sites excluding steroid dienone is 2. The molecule has 3 heteroatoms. The third-order valence-corrected chi connectivity index (χ3v) is 2.29. The summed E-state index contributed by atoms with van der Waals surface area (Å²) in [5.74, 6) is 0.664. The molecule has 0 aliphatic carbocycles. The van der Waals surface area contributed by atoms with Crippen LogP contribution in [0.25, 0.3) is 12.2 Å². The molecular weight excluding hydrogens is 212 g/mol. The average molecular weight is 230 g/mol. The molecule has 0 radical (unpaired) electrons. The van der Waals surface area contributed by atoms with Crippen LogP contribution in [0.15, 0.2) is 30.1 Å². The summed E-state index contributed by atoms with van der Waals surface area (Å²) in [4.78, 5) is 19.1. The highest BCUT2D eigenvalue weighted by atomic mass is 16.1. The van der Waals surface area contributed by atoms with Crippen molar-refractivity contribution in [1.29, 1.82) is 0 Å². The maximum absolute atomic E-state index is 11.9. The van der Waals surface area contributed by atoms with E-state index >= 15 is 0 Å². The van der Waals surface area contributed by atoms with Crippen LogP contribution in [-0.2, 0) is 5.41 Å². The van der Waals surface area contributed by atoms with Crippen LogP contribution in [0.4, 0.5) is 0 Å². The van der Waals surface area contributed by atoms with Gasteiger partial charge in [-0.3, -0.25) is 4.79 Å². The fourth-order valence-corrected chi connectivity index (χ4v) is 1.34. The van der Waals surface area contributed by atoms with E-state index in [1.807, 2.05) is 20.8 Å². The zero-order valence-electron chi connectivity index (χ0n) is 10.6. The topological polar surface area (TPSA) is 45.8 Å². The molecule has 0 saturated heterocycles. The Morgan fingerprint density at radius 3 is 2.41 bits per heavy atom. The minimum absolute atomic E-state index is 0.163. The van der Waals surface area contributed by atoms with Gasteiger partial charge in [-0.2, -0.15) is 0 Å². The number of aromatic nitrogens is 2. The molecule has 1 aromatic rings. The second-order valence-electron chi connectivity index (χ2n) is 4.76. The van der Waals surface area contributed by atoms with Gasteiger partial charge in [0.1, 0.15) is 5.82 Å². The standard InChI is InChI=1S/C14H18N2O/c1-6-8-9-11-10(7-2)12(17)16-13(15-11)14(3,4)5/h6-9H,1-2H2,3-5H3,(H,15,16,17)/b9-8-. The van der Waals surface area contributed by atoms with Gasteiger partial charge in [-0.15, -0.1) is 0 Å². The molecule has 1 N–H and O–H groups in total. The summed E-state index contributed by atoms with van der Waals surface area (Å²) in [6.07, 6.45) is 6.67. The molecule has 0 aromatic carbocycles. The average Bonchev–Trinajstić information content (AvgIpc) is 2.24. The first-order valence-corrected chi connectivity index (χ1v) is 5.46. The van der Waals surface area contributed by atoms with E-state index < -0.39 is 0 Å². The van der Waals surface area contributed by atoms with Crippen LogP contribution in [0.2, 0.25) is 0 Å². The van der Waals surface area contributed by atoms with Crippen LogP contribution >= 0.6 is 0 Å². The molecule has 17 heavy (non-hydrogen) atoms. The number of aromatic amines is 1. The molecule has 0 atom stereocenters. The van der Waals surface area contributed by atoms with Gasteiger partial charge in [0.05, 0.1) is 11.3 Å². The van der Waals surface area contributed by atoms with Gasteiger partial charge < -0.3 is 4.98 Å². The summed E-state index contributed by atoms with van der Waals surface area (Å²) < 4.78 is 0. The van der Waals surface area contributed by atoms with Crippen molar-refractivity contribution in [3.8, 4) is 0 Å². The van der Waals surface area contributed by atoms with Gasteiger partial charge in [-0.1, -0.05) is 52.2 Å². The summed E-state index contributed by atoms with van der Waals surface area (Å²) in [7, 11) is 0. The Morgan fingerprint density at radius 2 is 1.94 bits per heavy atom. The van der Waals surface area contributed by atoms with Gasteiger partial charge in [-0.05, 0) is 6.08 Å². The van der Waals surface area contributed by atoms with E-state index in [1.165, 1.54) is 6.08 Å². The molecule has 0 aliphatic heterocycles. The van der Waals surface area contributed by atoms with Gasteiger partial charge in [0.2, 0.25) is 0 Å². The van der Waals surface area contributed by atoms with Crippen LogP contribution in [0.3, 0.4) is 0 Å². The van der Waals surface area contributed by atoms with Crippen LogP contribution < -0.4 is 5.56 Å². The molecule has 1 heterocycles. The summed E-state index contributed by atoms with van der Waals surface area (Å²) in [6.45, 7) is 13.2. The smallest absolute Gasteiger partial charge is 0.258 e. The quantitative estimate of drug-likeness (QED) is 0.811. The van der Waals surface area contributed by atoms with Crippen molar-refractivity contribution in [2.24, 2.45) is 0 Å². The number of hydrogen-bond acceptors (Lipinski definition) is 2. The second-order valence-corrected chi connectivity index (χ2v) is 4.76. The second kappa shape index (κ2) is 4.95. The van der Waals surface area contributed by atoms with E-state index in [4.69, 9.17) is 0 Å². The van der Waals surface area contributed by atoms with E-state index in [0.29, 0.717) is 17.1 Å². The first-order valence-electron chi connectivity index (χ1n) is 5.46. The van der Waals surface area contributed by atoms with Crippen molar-refractivity contribution in [2.75, 3.05) is 0 Å². The highest BCUT2D eigenvalue weighted by Crippen LogP contribution is 2.18. The number of hydrogen-bond donors (Lipinski definition) is 1. The summed E-state index contributed by atoms with van der Waals surface area (Å²) in [5.41, 5.74) is 0.739. The molecule has 0 spiro atoms. The van der Waals surface area contributed by atoms with Gasteiger partial charge in [0.15, 0.2) is 0 Å². The highest BCUT2D eigenvalue weighted by molar-refractivity contribution is 5.61. The van der Waals surface area contributed by atoms with Crippen molar-refractivity contribution in [3.63, 3.8) is 0 Å². The molecular formula is C14H18N2O. The number of nitrogens with zero attached hydrogens (tertiary/aromatic N) is 1. The Labute approximate surface area is 102 Å². The van der Waals surface area contributed by atoms with Gasteiger partial charge in [-0.25, -0.2) is 4.98 Å². The van der Waals surface area contributed by atoms with Crippen molar-refractivity contribution >= 4 is 12.2 Å². The molecule has 0 aliphatic rings. The maximum atomic E-state index is 11.9. The number of rotatable bonds is 3. The van der Waals surface area contributed by atoms with Crippen LogP contribution in [0, 0.1) is 0 Å². The monoisotopic (exact) mass is 230 g/mol. The Bertz CT molecular complexity index is 516. The normalized spacial score (nSPS) is 11.7. The molecule has 0 fully saturated rings. The van der Waals surface area contributed by atoms with Gasteiger partial charge in [0.25, 0.3) is 5.56 Å². The first-order chi connectivity index (χ1) is 7.90. The minimum Gasteiger partial charge on any atom is -0.310 e. The molecule has 0 saturated carbocycles. The van der Waals surface area contributed by atoms with E-state index in [2.05, 4.69) is 23.1 Å². The van der Waals surface area contributed by atoms with E-state index in [9.17, 15) is 4.79 Å². The van der Waals surface area contributed by atoms with E-state index in [-0.39, 0.29) is 11.0 Å². The predicted octanol–water partition coefficient (Wildman–Crippen LogP) is 2.91. The zero-order chi connectivity index (χ0) is 13.1. The van der Waals surface area contributed by atoms with Crippen LogP contribution in [0.5, 0.6) is 0 Å². The Morgan fingerprint density at radius 1 is 1.29 bits per heavy atom. The third-order valence-electron chi connectivity index (χ3n) is 2.29. The molecule has 1 rings (SSSR count). The van der Waals surface area contributed by atoms with E-state index in [0.717, 1.165) is 0 Å². The summed E-state index contributed by atoms with van der Waals surface area (Å²) >= 11 is 0. The fourth-order valence-electron chi connectivity index (χ4n) is 1.34. The maximum Gasteiger partial charge on any atom is 0.258 e. The van der Waals surface area contributed by atoms with E-state index in [1.54, 1.807) is 18.2 Å². The fraction of sp³-hybridized carbons (Fsp3) is 0.286. The van der Waals surface area contributed by atoms with Crippen molar-refractivity contribution in [2.45, 2.75) is 26.2 Å². The highest BCUT2D eigenvalue weighted by Gasteiger charge is 2.18. The largest absolute Gasteiger partial charge is 0.310 e. The molecule has 0 amide bonds. The Balaban J connectivity index is 3.49. The lowest BCUT2D eigenvalue weighted by Crippen LogP contribution is -2.24. The zero-order valence-corrected chi connectivity index (χ0v) is 10.6. The number of nitrogens with one attached hydrogen (secondary N) is 1. The molecule has 0 unspecified atom stereocenters. The van der Waals surface area contributed by atoms with Gasteiger partial charge in [0, 0.05) is 5.41 Å². The number of H-pyrrole nitrogens is 1. The summed E-state index contributed by atoms with van der Waals surface area (Å²) in [5, 5.41) is 0. The Kier molecular flexibility index (Phi) is 3.84. The SMILES string of the molecule is C=C/C=C\c1nc(C(C)(C)C)[nH]c(=O)c1C=C. The lowest BCUT2D eigenvalue weighted by molar-refractivity contribution is 0.541. The third kappa shape index (κ3) is 3.03. The van der Waals surface area contributed by atoms with Crippen LogP contribution in [0.1, 0.15) is 37.9 Å². The van der Waals surface area contributed by atoms with Crippen molar-refractivity contribution in [3.05, 3.63) is 52.7 Å². The Hall–Kier alpha value is -1.90. The molecule has 0 bridgehead atoms. The molecule has 1 aromatic heterocycles. The van der Waals surface area contributed by atoms with Gasteiger partial charge >= 0.3 is 0 Å². The predicted molar refractivity (Wildman–Crippen MR) is 72.9 cm³/mol. The van der Waals surface area contributed by atoms with Crippen molar-refractivity contribution in [1.82, 2.24) is 9.97 Å². The van der Waals surface area contributed by atoms with Crippen molar-refractivity contribution < 1.29 is 0 Å². The first kappa shape index (κ1) is 13.2. The molecule has 90 valence electrons. The lowest BCUT2D eigenvalue weighted by Gasteiger charge is -2.17.